The van der Waals surface area contributed by atoms with Gasteiger partial charge in [-0.2, -0.15) is 0 Å². The number of methoxy groups -OCH3 is 1. The van der Waals surface area contributed by atoms with Gasteiger partial charge in [0.2, 0.25) is 11.8 Å². The minimum atomic E-state index is -0.133. The Labute approximate surface area is 137 Å². The number of amides is 2. The van der Waals surface area contributed by atoms with Crippen molar-refractivity contribution in [3.63, 3.8) is 0 Å². The topological polar surface area (TPSA) is 67.9 Å². The van der Waals surface area contributed by atoms with Crippen LogP contribution in [0.15, 0.2) is 24.3 Å². The first kappa shape index (κ1) is 19.0. The van der Waals surface area contributed by atoms with Gasteiger partial charge in [0.15, 0.2) is 0 Å². The summed E-state index contributed by atoms with van der Waals surface area (Å²) < 4.78 is 10.5. The van der Waals surface area contributed by atoms with Crippen LogP contribution in [0.5, 0.6) is 5.75 Å². The van der Waals surface area contributed by atoms with Crippen molar-refractivity contribution in [1.29, 1.82) is 0 Å². The molecule has 0 saturated heterocycles. The Hall–Kier alpha value is -2.08. The Bertz CT molecular complexity index is 500. The van der Waals surface area contributed by atoms with Gasteiger partial charge in [0.1, 0.15) is 5.75 Å². The summed E-state index contributed by atoms with van der Waals surface area (Å²) in [4.78, 5) is 25.0. The first-order valence-electron chi connectivity index (χ1n) is 7.73. The summed E-state index contributed by atoms with van der Waals surface area (Å²) in [7, 11) is 1.58. The highest BCUT2D eigenvalue weighted by molar-refractivity contribution is 5.91. The predicted octanol–water partition coefficient (Wildman–Crippen LogP) is 2.30. The minimum absolute atomic E-state index is 0.0648. The molecule has 1 aromatic rings. The Kier molecular flexibility index (Phi) is 8.11. The molecule has 0 spiro atoms. The maximum Gasteiger partial charge on any atom is 0.226 e. The fourth-order valence-electron chi connectivity index (χ4n) is 1.98. The second-order valence-electron chi connectivity index (χ2n) is 5.49. The number of rotatable bonds is 9. The van der Waals surface area contributed by atoms with Crippen LogP contribution in [0.2, 0.25) is 0 Å². The smallest absolute Gasteiger partial charge is 0.226 e. The van der Waals surface area contributed by atoms with E-state index in [1.807, 2.05) is 26.0 Å². The monoisotopic (exact) mass is 322 g/mol. The van der Waals surface area contributed by atoms with E-state index in [1.165, 1.54) is 6.92 Å². The van der Waals surface area contributed by atoms with Gasteiger partial charge in [-0.25, -0.2) is 0 Å². The zero-order valence-corrected chi connectivity index (χ0v) is 14.3. The number of nitrogens with zero attached hydrogens (tertiary/aromatic N) is 1. The molecule has 0 unspecified atom stereocenters. The number of anilines is 1. The molecule has 0 aliphatic rings. The van der Waals surface area contributed by atoms with Gasteiger partial charge in [0, 0.05) is 39.2 Å². The molecular formula is C17H26N2O4. The summed E-state index contributed by atoms with van der Waals surface area (Å²) in [5.41, 5.74) is 0.706. The molecule has 0 atom stereocenters. The van der Waals surface area contributed by atoms with Crippen LogP contribution in [0, 0.1) is 0 Å². The van der Waals surface area contributed by atoms with Crippen LogP contribution in [0.1, 0.15) is 27.2 Å². The van der Waals surface area contributed by atoms with E-state index in [0.717, 1.165) is 5.75 Å². The van der Waals surface area contributed by atoms with Gasteiger partial charge in [-0.05, 0) is 38.1 Å². The van der Waals surface area contributed by atoms with E-state index < -0.39 is 0 Å². The van der Waals surface area contributed by atoms with Gasteiger partial charge >= 0.3 is 0 Å². The van der Waals surface area contributed by atoms with E-state index in [4.69, 9.17) is 9.47 Å². The van der Waals surface area contributed by atoms with E-state index in [0.29, 0.717) is 25.4 Å². The fraction of sp³-hybridized carbons (Fsp3) is 0.529. The molecule has 23 heavy (non-hydrogen) atoms. The van der Waals surface area contributed by atoms with Crippen LogP contribution in [-0.2, 0) is 14.3 Å². The number of hydrogen-bond acceptors (Lipinski definition) is 4. The molecule has 1 N–H and O–H groups in total. The van der Waals surface area contributed by atoms with Crippen molar-refractivity contribution in [2.24, 2.45) is 0 Å². The van der Waals surface area contributed by atoms with Crippen molar-refractivity contribution < 1.29 is 19.1 Å². The molecule has 0 aromatic heterocycles. The molecule has 0 saturated carbocycles. The second-order valence-corrected chi connectivity index (χ2v) is 5.49. The highest BCUT2D eigenvalue weighted by atomic mass is 16.5. The van der Waals surface area contributed by atoms with E-state index in [2.05, 4.69) is 5.32 Å². The zero-order valence-electron chi connectivity index (χ0n) is 14.3. The first-order valence-corrected chi connectivity index (χ1v) is 7.73. The molecule has 1 aromatic carbocycles. The van der Waals surface area contributed by atoms with E-state index in [-0.39, 0.29) is 24.3 Å². The average Bonchev–Trinajstić information content (AvgIpc) is 2.48. The van der Waals surface area contributed by atoms with E-state index >= 15 is 0 Å². The van der Waals surface area contributed by atoms with Crippen molar-refractivity contribution >= 4 is 17.5 Å². The standard InChI is InChI=1S/C17H26N2O4/c1-13(2)23-16-7-5-15(6-8-16)18-17(21)9-10-19(14(3)20)11-12-22-4/h5-8,13H,9-12H2,1-4H3,(H,18,21). The van der Waals surface area contributed by atoms with E-state index in [1.54, 1.807) is 24.1 Å². The van der Waals surface area contributed by atoms with Gasteiger partial charge in [0.05, 0.1) is 12.7 Å². The summed E-state index contributed by atoms with van der Waals surface area (Å²) in [6, 6.07) is 7.22. The number of benzene rings is 1. The van der Waals surface area contributed by atoms with Gasteiger partial charge in [-0.1, -0.05) is 0 Å². The molecule has 6 nitrogen and oxygen atoms in total. The van der Waals surface area contributed by atoms with Crippen molar-refractivity contribution in [2.75, 3.05) is 32.1 Å². The number of ether oxygens (including phenoxy) is 2. The maximum atomic E-state index is 12.0. The Morgan fingerprint density at radius 3 is 2.35 bits per heavy atom. The Balaban J connectivity index is 2.44. The van der Waals surface area contributed by atoms with Crippen LogP contribution in [0.3, 0.4) is 0 Å². The highest BCUT2D eigenvalue weighted by Crippen LogP contribution is 2.17. The molecule has 0 aliphatic carbocycles. The lowest BCUT2D eigenvalue weighted by atomic mass is 10.2. The lowest BCUT2D eigenvalue weighted by Crippen LogP contribution is -2.34. The molecule has 2 amide bonds. The zero-order chi connectivity index (χ0) is 17.2. The van der Waals surface area contributed by atoms with Crippen LogP contribution < -0.4 is 10.1 Å². The molecule has 6 heteroatoms. The highest BCUT2D eigenvalue weighted by Gasteiger charge is 2.11. The molecule has 1 rings (SSSR count). The lowest BCUT2D eigenvalue weighted by molar-refractivity contribution is -0.130. The second kappa shape index (κ2) is 9.84. The summed E-state index contributed by atoms with van der Waals surface area (Å²) in [5.74, 6) is 0.566. The van der Waals surface area contributed by atoms with Crippen LogP contribution >= 0.6 is 0 Å². The van der Waals surface area contributed by atoms with Crippen LogP contribution in [0.4, 0.5) is 5.69 Å². The molecule has 0 aliphatic heterocycles. The van der Waals surface area contributed by atoms with Crippen LogP contribution in [-0.4, -0.2) is 49.6 Å². The molecular weight excluding hydrogens is 296 g/mol. The fourth-order valence-corrected chi connectivity index (χ4v) is 1.98. The summed E-state index contributed by atoms with van der Waals surface area (Å²) >= 11 is 0. The quantitative estimate of drug-likeness (QED) is 0.757. The maximum absolute atomic E-state index is 12.0. The molecule has 0 heterocycles. The predicted molar refractivity (Wildman–Crippen MR) is 89.6 cm³/mol. The number of nitrogens with one attached hydrogen (secondary N) is 1. The summed E-state index contributed by atoms with van der Waals surface area (Å²) in [6.07, 6.45) is 0.355. The molecule has 0 bridgehead atoms. The van der Waals surface area contributed by atoms with E-state index in [9.17, 15) is 9.59 Å². The Morgan fingerprint density at radius 1 is 1.17 bits per heavy atom. The third kappa shape index (κ3) is 7.65. The third-order valence-electron chi connectivity index (χ3n) is 3.13. The van der Waals surface area contributed by atoms with Gasteiger partial charge in [0.25, 0.3) is 0 Å². The molecule has 0 fully saturated rings. The third-order valence-corrected chi connectivity index (χ3v) is 3.13. The average molecular weight is 322 g/mol. The number of carbonyl (C=O) groups is 2. The summed E-state index contributed by atoms with van der Waals surface area (Å²) in [5, 5.41) is 2.81. The Morgan fingerprint density at radius 2 is 1.83 bits per heavy atom. The summed E-state index contributed by atoms with van der Waals surface area (Å²) in [6.45, 7) is 6.72. The largest absolute Gasteiger partial charge is 0.491 e. The van der Waals surface area contributed by atoms with Gasteiger partial charge in [-0.3, -0.25) is 9.59 Å². The van der Waals surface area contributed by atoms with Gasteiger partial charge in [-0.15, -0.1) is 0 Å². The minimum Gasteiger partial charge on any atom is -0.491 e. The molecule has 128 valence electrons. The number of hydrogen-bond donors (Lipinski definition) is 1. The SMILES string of the molecule is COCCN(CCC(=O)Nc1ccc(OC(C)C)cc1)C(C)=O. The normalized spacial score (nSPS) is 10.5. The van der Waals surface area contributed by atoms with Crippen molar-refractivity contribution in [3.8, 4) is 5.75 Å². The van der Waals surface area contributed by atoms with Crippen LogP contribution in [0.25, 0.3) is 0 Å². The number of carbonyl (C=O) groups excluding carboxylic acids is 2. The lowest BCUT2D eigenvalue weighted by Gasteiger charge is -2.20. The van der Waals surface area contributed by atoms with Crippen molar-refractivity contribution in [2.45, 2.75) is 33.3 Å². The van der Waals surface area contributed by atoms with Crippen molar-refractivity contribution in [3.05, 3.63) is 24.3 Å². The van der Waals surface area contributed by atoms with Gasteiger partial charge < -0.3 is 19.7 Å². The molecule has 0 radical (unpaired) electrons. The first-order chi connectivity index (χ1) is 10.9. The van der Waals surface area contributed by atoms with Crippen molar-refractivity contribution in [1.82, 2.24) is 4.90 Å².